The first-order chi connectivity index (χ1) is 8.45. The molecule has 0 aromatic carbocycles. The van der Waals surface area contributed by atoms with Crippen molar-refractivity contribution >= 4 is 23.5 Å². The maximum atomic E-state index is 11.9. The molecule has 1 aromatic rings. The van der Waals surface area contributed by atoms with Crippen molar-refractivity contribution in [1.82, 2.24) is 4.98 Å². The fourth-order valence-corrected chi connectivity index (χ4v) is 1.71. The van der Waals surface area contributed by atoms with Crippen LogP contribution in [0.15, 0.2) is 29.5 Å². The summed E-state index contributed by atoms with van der Waals surface area (Å²) in [6.07, 6.45) is 1.30. The molecule has 2 heterocycles. The van der Waals surface area contributed by atoms with Crippen molar-refractivity contribution in [3.8, 4) is 0 Å². The van der Waals surface area contributed by atoms with Crippen LogP contribution in [0.4, 0.5) is 5.69 Å². The molecule has 1 aliphatic heterocycles. The Morgan fingerprint density at radius 2 is 1.78 bits per heavy atom. The summed E-state index contributed by atoms with van der Waals surface area (Å²) in [5.41, 5.74) is 0.318. The Morgan fingerprint density at radius 1 is 1.22 bits per heavy atom. The molecule has 0 atom stereocenters. The highest BCUT2D eigenvalue weighted by molar-refractivity contribution is 6.33. The third kappa shape index (κ3) is 1.58. The molecule has 0 radical (unpaired) electrons. The van der Waals surface area contributed by atoms with Gasteiger partial charge in [0.05, 0.1) is 5.69 Å². The molecule has 0 saturated carbocycles. The molecule has 0 spiro atoms. The SMILES string of the molecule is CC1=C(C)C(=O)N(c2cccnc2C(=O)O)C1=O. The van der Waals surface area contributed by atoms with Gasteiger partial charge in [-0.25, -0.2) is 14.7 Å². The summed E-state index contributed by atoms with van der Waals surface area (Å²) < 4.78 is 0. The lowest BCUT2D eigenvalue weighted by molar-refractivity contribution is -0.120. The summed E-state index contributed by atoms with van der Waals surface area (Å²) >= 11 is 0. The average molecular weight is 246 g/mol. The van der Waals surface area contributed by atoms with Crippen molar-refractivity contribution in [3.63, 3.8) is 0 Å². The van der Waals surface area contributed by atoms with Crippen LogP contribution in [0.2, 0.25) is 0 Å². The van der Waals surface area contributed by atoms with Crippen LogP contribution in [-0.2, 0) is 9.59 Å². The molecule has 0 unspecified atom stereocenters. The molecule has 6 nitrogen and oxygen atoms in total. The minimum Gasteiger partial charge on any atom is -0.476 e. The van der Waals surface area contributed by atoms with Gasteiger partial charge in [-0.1, -0.05) is 0 Å². The van der Waals surface area contributed by atoms with Crippen molar-refractivity contribution in [2.45, 2.75) is 13.8 Å². The highest BCUT2D eigenvalue weighted by Gasteiger charge is 2.36. The van der Waals surface area contributed by atoms with Crippen molar-refractivity contribution in [2.24, 2.45) is 0 Å². The molecule has 0 bridgehead atoms. The van der Waals surface area contributed by atoms with Gasteiger partial charge in [0.2, 0.25) is 0 Å². The van der Waals surface area contributed by atoms with Crippen LogP contribution in [0.5, 0.6) is 0 Å². The Balaban J connectivity index is 2.56. The first-order valence-electron chi connectivity index (χ1n) is 5.19. The summed E-state index contributed by atoms with van der Waals surface area (Å²) in [5.74, 6) is -2.30. The van der Waals surface area contributed by atoms with Gasteiger partial charge in [0.25, 0.3) is 11.8 Å². The predicted octanol–water partition coefficient (Wildman–Crippen LogP) is 0.989. The second-order valence-electron chi connectivity index (χ2n) is 3.87. The van der Waals surface area contributed by atoms with Gasteiger partial charge in [-0.2, -0.15) is 0 Å². The number of carbonyl (C=O) groups excluding carboxylic acids is 2. The zero-order chi connectivity index (χ0) is 13.4. The van der Waals surface area contributed by atoms with E-state index >= 15 is 0 Å². The Labute approximate surface area is 103 Å². The summed E-state index contributed by atoms with van der Waals surface area (Å²) in [6, 6.07) is 2.86. The second-order valence-corrected chi connectivity index (χ2v) is 3.87. The molecule has 2 rings (SSSR count). The largest absolute Gasteiger partial charge is 0.476 e. The monoisotopic (exact) mass is 246 g/mol. The van der Waals surface area contributed by atoms with Gasteiger partial charge in [0.15, 0.2) is 5.69 Å². The van der Waals surface area contributed by atoms with E-state index in [-0.39, 0.29) is 11.4 Å². The Kier molecular flexibility index (Phi) is 2.70. The zero-order valence-electron chi connectivity index (χ0n) is 9.80. The number of amides is 2. The van der Waals surface area contributed by atoms with Crippen molar-refractivity contribution in [2.75, 3.05) is 4.90 Å². The fraction of sp³-hybridized carbons (Fsp3) is 0.167. The normalized spacial score (nSPS) is 15.6. The molecular weight excluding hydrogens is 236 g/mol. The highest BCUT2D eigenvalue weighted by atomic mass is 16.4. The number of rotatable bonds is 2. The number of imide groups is 1. The number of hydrogen-bond acceptors (Lipinski definition) is 4. The van der Waals surface area contributed by atoms with E-state index in [2.05, 4.69) is 4.98 Å². The van der Waals surface area contributed by atoms with Crippen molar-refractivity contribution in [1.29, 1.82) is 0 Å². The first-order valence-corrected chi connectivity index (χ1v) is 5.19. The molecule has 1 aliphatic rings. The molecule has 0 saturated heterocycles. The average Bonchev–Trinajstić information content (AvgIpc) is 2.54. The van der Waals surface area contributed by atoms with Crippen LogP contribution in [0, 0.1) is 0 Å². The van der Waals surface area contributed by atoms with Crippen LogP contribution in [0.1, 0.15) is 24.3 Å². The summed E-state index contributed by atoms with van der Waals surface area (Å²) in [5, 5.41) is 9.00. The molecule has 18 heavy (non-hydrogen) atoms. The van der Waals surface area contributed by atoms with Crippen LogP contribution >= 0.6 is 0 Å². The highest BCUT2D eigenvalue weighted by Crippen LogP contribution is 2.28. The van der Waals surface area contributed by atoms with Crippen LogP contribution in [-0.4, -0.2) is 27.9 Å². The molecule has 1 aromatic heterocycles. The second kappa shape index (κ2) is 4.06. The molecule has 6 heteroatoms. The van der Waals surface area contributed by atoms with Gasteiger partial charge in [0.1, 0.15) is 0 Å². The summed E-state index contributed by atoms with van der Waals surface area (Å²) in [6.45, 7) is 3.07. The lowest BCUT2D eigenvalue weighted by atomic mass is 10.2. The topological polar surface area (TPSA) is 87.6 Å². The van der Waals surface area contributed by atoms with Crippen LogP contribution < -0.4 is 4.90 Å². The van der Waals surface area contributed by atoms with Gasteiger partial charge in [0, 0.05) is 17.3 Å². The number of pyridine rings is 1. The van der Waals surface area contributed by atoms with E-state index in [1.54, 1.807) is 0 Å². The standard InChI is InChI=1S/C12H10N2O4/c1-6-7(2)11(16)14(10(6)15)8-4-3-5-13-9(8)12(17)18/h3-5H,1-2H3,(H,17,18). The van der Waals surface area contributed by atoms with E-state index in [1.165, 1.54) is 32.2 Å². The van der Waals surface area contributed by atoms with E-state index in [0.717, 1.165) is 4.90 Å². The Morgan fingerprint density at radius 3 is 2.28 bits per heavy atom. The van der Waals surface area contributed by atoms with E-state index < -0.39 is 17.8 Å². The number of carboxylic acids is 1. The maximum Gasteiger partial charge on any atom is 0.356 e. The number of carbonyl (C=O) groups is 3. The molecule has 0 fully saturated rings. The third-order valence-electron chi connectivity index (χ3n) is 2.84. The molecule has 0 aliphatic carbocycles. The van der Waals surface area contributed by atoms with Crippen molar-refractivity contribution in [3.05, 3.63) is 35.2 Å². The molecule has 1 N–H and O–H groups in total. The third-order valence-corrected chi connectivity index (χ3v) is 2.84. The number of aromatic carboxylic acids is 1. The van der Waals surface area contributed by atoms with E-state index in [1.807, 2.05) is 0 Å². The van der Waals surface area contributed by atoms with Gasteiger partial charge < -0.3 is 5.11 Å². The van der Waals surface area contributed by atoms with Crippen LogP contribution in [0.3, 0.4) is 0 Å². The Bertz CT molecular complexity index is 580. The van der Waals surface area contributed by atoms with Crippen molar-refractivity contribution < 1.29 is 19.5 Å². The summed E-state index contributed by atoms with van der Waals surface area (Å²) in [7, 11) is 0. The molecular formula is C12H10N2O4. The predicted molar refractivity (Wildman–Crippen MR) is 62.1 cm³/mol. The summed E-state index contributed by atoms with van der Waals surface area (Å²) in [4.78, 5) is 39.4. The van der Waals surface area contributed by atoms with E-state index in [4.69, 9.17) is 5.11 Å². The van der Waals surface area contributed by atoms with Gasteiger partial charge >= 0.3 is 5.97 Å². The van der Waals surface area contributed by atoms with Crippen LogP contribution in [0.25, 0.3) is 0 Å². The minimum atomic E-state index is -1.28. The Hall–Kier alpha value is -2.50. The van der Waals surface area contributed by atoms with E-state index in [9.17, 15) is 14.4 Å². The quantitative estimate of drug-likeness (QED) is 0.786. The first kappa shape index (κ1) is 12.0. The number of aromatic nitrogens is 1. The molecule has 92 valence electrons. The smallest absolute Gasteiger partial charge is 0.356 e. The number of hydrogen-bond donors (Lipinski definition) is 1. The number of anilines is 1. The lowest BCUT2D eigenvalue weighted by Crippen LogP contribution is -2.33. The van der Waals surface area contributed by atoms with Gasteiger partial charge in [-0.15, -0.1) is 0 Å². The fourth-order valence-electron chi connectivity index (χ4n) is 1.71. The van der Waals surface area contributed by atoms with E-state index in [0.29, 0.717) is 11.1 Å². The zero-order valence-corrected chi connectivity index (χ0v) is 9.80. The minimum absolute atomic E-state index is 0.00352. The number of nitrogens with zero attached hydrogens (tertiary/aromatic N) is 2. The lowest BCUT2D eigenvalue weighted by Gasteiger charge is -2.16. The van der Waals surface area contributed by atoms with Gasteiger partial charge in [-0.3, -0.25) is 9.59 Å². The van der Waals surface area contributed by atoms with Gasteiger partial charge in [-0.05, 0) is 26.0 Å². The number of carboxylic acid groups (broad SMARTS) is 1. The maximum absolute atomic E-state index is 11.9. The molecule has 2 amide bonds.